The molecule has 0 aliphatic heterocycles. The van der Waals surface area contributed by atoms with Crippen molar-refractivity contribution in [2.45, 2.75) is 13.0 Å². The van der Waals surface area contributed by atoms with Gasteiger partial charge in [-0.1, -0.05) is 30.3 Å². The van der Waals surface area contributed by atoms with Crippen molar-refractivity contribution in [1.82, 2.24) is 9.97 Å². The maximum Gasteiger partial charge on any atom is 0.321 e. The van der Waals surface area contributed by atoms with Crippen LogP contribution in [0.25, 0.3) is 11.0 Å². The fraction of sp³-hybridized carbons (Fsp3) is 0.118. The minimum Gasteiger partial charge on any atom is -0.351 e. The molecule has 5 heteroatoms. The topological polar surface area (TPSA) is 72.1 Å². The minimum absolute atomic E-state index is 0.208. The van der Waals surface area contributed by atoms with Crippen LogP contribution in [0.15, 0.2) is 60.8 Å². The van der Waals surface area contributed by atoms with Crippen LogP contribution in [0.3, 0.4) is 0 Å². The van der Waals surface area contributed by atoms with Crippen molar-refractivity contribution in [1.29, 1.82) is 0 Å². The SMILES string of the molecule is CC(c1ccccc1)N(C(N)=O)c1ccc2ncccc2n1. The fourth-order valence-corrected chi connectivity index (χ4v) is 2.46. The van der Waals surface area contributed by atoms with Crippen LogP contribution in [0, 0.1) is 0 Å². The quantitative estimate of drug-likeness (QED) is 0.805. The van der Waals surface area contributed by atoms with E-state index in [2.05, 4.69) is 9.97 Å². The molecular weight excluding hydrogens is 276 g/mol. The number of urea groups is 1. The first-order valence-corrected chi connectivity index (χ1v) is 7.02. The molecule has 5 nitrogen and oxygen atoms in total. The Labute approximate surface area is 128 Å². The molecule has 3 rings (SSSR count). The number of nitrogens with zero attached hydrogens (tertiary/aromatic N) is 3. The van der Waals surface area contributed by atoms with Gasteiger partial charge < -0.3 is 5.73 Å². The number of rotatable bonds is 3. The molecule has 3 aromatic rings. The summed E-state index contributed by atoms with van der Waals surface area (Å²) in [6.07, 6.45) is 1.71. The molecule has 0 aliphatic rings. The van der Waals surface area contributed by atoms with E-state index in [1.54, 1.807) is 12.3 Å². The number of fused-ring (bicyclic) bond motifs is 1. The highest BCUT2D eigenvalue weighted by Gasteiger charge is 2.22. The van der Waals surface area contributed by atoms with E-state index in [9.17, 15) is 4.79 Å². The number of hydrogen-bond donors (Lipinski definition) is 1. The molecule has 1 aromatic carbocycles. The zero-order chi connectivity index (χ0) is 15.5. The lowest BCUT2D eigenvalue weighted by atomic mass is 10.1. The van der Waals surface area contributed by atoms with E-state index in [-0.39, 0.29) is 6.04 Å². The van der Waals surface area contributed by atoms with Gasteiger partial charge in [0.15, 0.2) is 0 Å². The summed E-state index contributed by atoms with van der Waals surface area (Å²) in [4.78, 5) is 22.2. The summed E-state index contributed by atoms with van der Waals surface area (Å²) in [5.41, 5.74) is 8.09. The maximum atomic E-state index is 11.9. The largest absolute Gasteiger partial charge is 0.351 e. The van der Waals surface area contributed by atoms with Gasteiger partial charge in [0, 0.05) is 6.20 Å². The maximum absolute atomic E-state index is 11.9. The Kier molecular flexibility index (Phi) is 3.70. The van der Waals surface area contributed by atoms with Crippen molar-refractivity contribution in [3.05, 3.63) is 66.4 Å². The summed E-state index contributed by atoms with van der Waals surface area (Å²) in [5, 5.41) is 0. The normalized spacial score (nSPS) is 12.0. The molecule has 0 fully saturated rings. The van der Waals surface area contributed by atoms with E-state index in [1.807, 2.05) is 55.5 Å². The Hall–Kier alpha value is -2.95. The van der Waals surface area contributed by atoms with E-state index in [1.165, 1.54) is 4.90 Å². The minimum atomic E-state index is -0.535. The van der Waals surface area contributed by atoms with Crippen LogP contribution in [-0.2, 0) is 0 Å². The summed E-state index contributed by atoms with van der Waals surface area (Å²) in [7, 11) is 0. The molecule has 0 saturated heterocycles. The van der Waals surface area contributed by atoms with E-state index in [0.717, 1.165) is 16.6 Å². The number of carbonyl (C=O) groups excluding carboxylic acids is 1. The lowest BCUT2D eigenvalue weighted by Gasteiger charge is -2.27. The molecule has 110 valence electrons. The fourth-order valence-electron chi connectivity index (χ4n) is 2.46. The van der Waals surface area contributed by atoms with Crippen molar-refractivity contribution in [3.63, 3.8) is 0 Å². The molecule has 0 bridgehead atoms. The first-order valence-electron chi connectivity index (χ1n) is 7.02. The van der Waals surface area contributed by atoms with Crippen molar-refractivity contribution >= 4 is 22.9 Å². The Balaban J connectivity index is 2.04. The number of nitrogens with two attached hydrogens (primary N) is 1. The molecule has 0 radical (unpaired) electrons. The molecule has 2 aromatic heterocycles. The Bertz CT molecular complexity index is 804. The number of hydrogen-bond acceptors (Lipinski definition) is 3. The molecule has 0 aliphatic carbocycles. The van der Waals surface area contributed by atoms with Gasteiger partial charge in [-0.25, -0.2) is 9.78 Å². The lowest BCUT2D eigenvalue weighted by Crippen LogP contribution is -2.38. The Morgan fingerprint density at radius 1 is 1.05 bits per heavy atom. The number of amides is 2. The second-order valence-electron chi connectivity index (χ2n) is 5.01. The van der Waals surface area contributed by atoms with Crippen molar-refractivity contribution < 1.29 is 4.79 Å². The third-order valence-electron chi connectivity index (χ3n) is 3.60. The van der Waals surface area contributed by atoms with Crippen molar-refractivity contribution in [3.8, 4) is 0 Å². The van der Waals surface area contributed by atoms with E-state index in [4.69, 9.17) is 5.73 Å². The van der Waals surface area contributed by atoms with Gasteiger partial charge in [0.05, 0.1) is 17.1 Å². The van der Waals surface area contributed by atoms with E-state index >= 15 is 0 Å². The lowest BCUT2D eigenvalue weighted by molar-refractivity contribution is 0.252. The van der Waals surface area contributed by atoms with Crippen LogP contribution in [0.2, 0.25) is 0 Å². The highest BCUT2D eigenvalue weighted by molar-refractivity contribution is 5.91. The summed E-state index contributed by atoms with van der Waals surface area (Å²) in [6, 6.07) is 16.3. The first-order chi connectivity index (χ1) is 10.7. The number of anilines is 1. The van der Waals surface area contributed by atoms with Crippen LogP contribution >= 0.6 is 0 Å². The third-order valence-corrected chi connectivity index (χ3v) is 3.60. The zero-order valence-corrected chi connectivity index (χ0v) is 12.2. The molecule has 0 saturated carbocycles. The Morgan fingerprint density at radius 3 is 2.55 bits per heavy atom. The molecule has 1 unspecified atom stereocenters. The van der Waals surface area contributed by atoms with Crippen LogP contribution in [-0.4, -0.2) is 16.0 Å². The standard InChI is InChI=1S/C17H16N4O/c1-12(13-6-3-2-4-7-13)21(17(18)22)16-10-9-14-15(20-16)8-5-11-19-14/h2-12H,1H3,(H2,18,22). The zero-order valence-electron chi connectivity index (χ0n) is 12.2. The smallest absolute Gasteiger partial charge is 0.321 e. The third kappa shape index (κ3) is 2.61. The van der Waals surface area contributed by atoms with Gasteiger partial charge in [0.2, 0.25) is 0 Å². The monoisotopic (exact) mass is 292 g/mol. The van der Waals surface area contributed by atoms with Gasteiger partial charge in [-0.3, -0.25) is 9.88 Å². The predicted octanol–water partition coefficient (Wildman–Crippen LogP) is 3.28. The summed E-state index contributed by atoms with van der Waals surface area (Å²) in [6.45, 7) is 1.93. The number of pyridine rings is 2. The van der Waals surface area contributed by atoms with Gasteiger partial charge >= 0.3 is 6.03 Å². The highest BCUT2D eigenvalue weighted by atomic mass is 16.2. The summed E-state index contributed by atoms with van der Waals surface area (Å²) in [5.74, 6) is 0.518. The molecule has 2 amide bonds. The number of carbonyl (C=O) groups is 1. The second kappa shape index (κ2) is 5.81. The molecule has 2 N–H and O–H groups in total. The van der Waals surface area contributed by atoms with Gasteiger partial charge in [-0.2, -0.15) is 0 Å². The number of primary amides is 1. The molecule has 22 heavy (non-hydrogen) atoms. The van der Waals surface area contributed by atoms with Crippen LogP contribution in [0.4, 0.5) is 10.6 Å². The predicted molar refractivity (Wildman–Crippen MR) is 86.5 cm³/mol. The molecule has 2 heterocycles. The number of benzene rings is 1. The number of aromatic nitrogens is 2. The van der Waals surface area contributed by atoms with Gasteiger partial charge in [0.1, 0.15) is 5.82 Å². The van der Waals surface area contributed by atoms with E-state index < -0.39 is 6.03 Å². The van der Waals surface area contributed by atoms with Gasteiger partial charge in [-0.15, -0.1) is 0 Å². The first kappa shape index (κ1) is 14.0. The van der Waals surface area contributed by atoms with E-state index in [0.29, 0.717) is 5.82 Å². The Morgan fingerprint density at radius 2 is 1.82 bits per heavy atom. The van der Waals surface area contributed by atoms with Crippen LogP contribution < -0.4 is 10.6 Å². The van der Waals surface area contributed by atoms with Crippen molar-refractivity contribution in [2.75, 3.05) is 4.90 Å². The molecule has 1 atom stereocenters. The van der Waals surface area contributed by atoms with Crippen LogP contribution in [0.1, 0.15) is 18.5 Å². The molecular formula is C17H16N4O. The summed E-state index contributed by atoms with van der Waals surface area (Å²) < 4.78 is 0. The highest BCUT2D eigenvalue weighted by Crippen LogP contribution is 2.26. The average molecular weight is 292 g/mol. The molecule has 0 spiro atoms. The van der Waals surface area contributed by atoms with Gasteiger partial charge in [-0.05, 0) is 36.8 Å². The summed E-state index contributed by atoms with van der Waals surface area (Å²) >= 11 is 0. The van der Waals surface area contributed by atoms with Crippen molar-refractivity contribution in [2.24, 2.45) is 5.73 Å². The van der Waals surface area contributed by atoms with Gasteiger partial charge in [0.25, 0.3) is 0 Å². The second-order valence-corrected chi connectivity index (χ2v) is 5.01. The van der Waals surface area contributed by atoms with Crippen LogP contribution in [0.5, 0.6) is 0 Å². The average Bonchev–Trinajstić information content (AvgIpc) is 2.55.